The van der Waals surface area contributed by atoms with E-state index in [-0.39, 0.29) is 31.1 Å². The molecule has 0 aliphatic rings. The summed E-state index contributed by atoms with van der Waals surface area (Å²) in [6, 6.07) is 5.55. The minimum Gasteiger partial charge on any atom is -0.368 e. The Bertz CT molecular complexity index is 543. The fourth-order valence-electron chi connectivity index (χ4n) is 1.48. The normalized spacial score (nSPS) is 9.47. The molecular formula is C14H13FN2O2. The smallest absolute Gasteiger partial charge is 0.229 e. The van der Waals surface area contributed by atoms with Crippen LogP contribution >= 0.6 is 0 Å². The maximum Gasteiger partial charge on any atom is 0.229 e. The van der Waals surface area contributed by atoms with Crippen molar-refractivity contribution < 1.29 is 13.9 Å². The zero-order chi connectivity index (χ0) is 14.3. The summed E-state index contributed by atoms with van der Waals surface area (Å²) in [4.78, 5) is 13.2. The lowest BCUT2D eigenvalue weighted by molar-refractivity contribution is -0.119. The van der Waals surface area contributed by atoms with Crippen molar-refractivity contribution in [3.05, 3.63) is 29.6 Å². The molecule has 98 valence electrons. The second-order valence-electron chi connectivity index (χ2n) is 3.73. The second-order valence-corrected chi connectivity index (χ2v) is 3.73. The minimum atomic E-state index is -0.515. The molecule has 1 rings (SSSR count). The van der Waals surface area contributed by atoms with Gasteiger partial charge in [0.2, 0.25) is 5.91 Å². The average Bonchev–Trinajstić information content (AvgIpc) is 2.42. The van der Waals surface area contributed by atoms with Crippen LogP contribution < -0.4 is 4.90 Å². The molecule has 0 aromatic heterocycles. The van der Waals surface area contributed by atoms with Gasteiger partial charge in [-0.05, 0) is 18.2 Å². The number of carbonyl (C=O) groups is 1. The highest BCUT2D eigenvalue weighted by molar-refractivity contribution is 5.94. The van der Waals surface area contributed by atoms with Crippen LogP contribution in [0.3, 0.4) is 0 Å². The summed E-state index contributed by atoms with van der Waals surface area (Å²) in [7, 11) is 1.53. The van der Waals surface area contributed by atoms with E-state index in [1.165, 1.54) is 24.1 Å². The van der Waals surface area contributed by atoms with E-state index in [0.29, 0.717) is 5.69 Å². The molecule has 1 aromatic carbocycles. The molecular weight excluding hydrogens is 247 g/mol. The number of amides is 1. The van der Waals surface area contributed by atoms with Gasteiger partial charge in [-0.1, -0.05) is 5.92 Å². The van der Waals surface area contributed by atoms with Gasteiger partial charge >= 0.3 is 0 Å². The van der Waals surface area contributed by atoms with Crippen LogP contribution in [0, 0.1) is 29.5 Å². The Hall–Kier alpha value is -2.37. The van der Waals surface area contributed by atoms with Crippen LogP contribution in [0.2, 0.25) is 0 Å². The van der Waals surface area contributed by atoms with Gasteiger partial charge in [0.15, 0.2) is 0 Å². The van der Waals surface area contributed by atoms with Crippen LogP contribution in [0.5, 0.6) is 0 Å². The Morgan fingerprint density at radius 2 is 2.32 bits per heavy atom. The summed E-state index contributed by atoms with van der Waals surface area (Å²) in [5.41, 5.74) is 0.478. The lowest BCUT2D eigenvalue weighted by Gasteiger charge is -2.18. The van der Waals surface area contributed by atoms with Gasteiger partial charge in [0.25, 0.3) is 0 Å². The van der Waals surface area contributed by atoms with Crippen LogP contribution in [0.15, 0.2) is 18.2 Å². The van der Waals surface area contributed by atoms with Crippen molar-refractivity contribution >= 4 is 11.6 Å². The Morgan fingerprint density at radius 3 is 2.95 bits per heavy atom. The molecule has 1 aromatic rings. The number of carbonyl (C=O) groups excluding carboxylic acids is 1. The Balaban J connectivity index is 2.72. The van der Waals surface area contributed by atoms with Crippen LogP contribution in [0.4, 0.5) is 10.1 Å². The molecule has 0 aliphatic carbocycles. The maximum absolute atomic E-state index is 13.0. The van der Waals surface area contributed by atoms with Gasteiger partial charge < -0.3 is 9.64 Å². The Labute approximate surface area is 111 Å². The van der Waals surface area contributed by atoms with E-state index in [4.69, 9.17) is 16.4 Å². The average molecular weight is 260 g/mol. The summed E-state index contributed by atoms with van der Waals surface area (Å²) in [6.07, 6.45) is 5.15. The third-order valence-corrected chi connectivity index (χ3v) is 2.46. The molecule has 5 heteroatoms. The number of nitriles is 1. The molecule has 0 saturated heterocycles. The highest BCUT2D eigenvalue weighted by Gasteiger charge is 2.14. The first-order valence-electron chi connectivity index (χ1n) is 5.57. The predicted molar refractivity (Wildman–Crippen MR) is 68.8 cm³/mol. The van der Waals surface area contributed by atoms with E-state index >= 15 is 0 Å². The molecule has 0 aliphatic heterocycles. The first-order chi connectivity index (χ1) is 9.10. The van der Waals surface area contributed by atoms with Crippen molar-refractivity contribution in [2.24, 2.45) is 0 Å². The number of benzene rings is 1. The molecule has 0 N–H and O–H groups in total. The van der Waals surface area contributed by atoms with Crippen molar-refractivity contribution in [3.63, 3.8) is 0 Å². The van der Waals surface area contributed by atoms with E-state index in [0.717, 1.165) is 6.07 Å². The quantitative estimate of drug-likeness (QED) is 0.598. The van der Waals surface area contributed by atoms with Crippen molar-refractivity contribution in [1.29, 1.82) is 5.26 Å². The molecule has 0 radical (unpaired) electrons. The SMILES string of the molecule is C#CCOCCC(=O)N(C)c1ccc(F)cc1C#N. The lowest BCUT2D eigenvalue weighted by Crippen LogP contribution is -2.28. The van der Waals surface area contributed by atoms with E-state index < -0.39 is 5.82 Å². The third-order valence-electron chi connectivity index (χ3n) is 2.46. The largest absolute Gasteiger partial charge is 0.368 e. The molecule has 0 atom stereocenters. The summed E-state index contributed by atoms with van der Waals surface area (Å²) >= 11 is 0. The molecule has 0 heterocycles. The maximum atomic E-state index is 13.0. The second kappa shape index (κ2) is 7.15. The summed E-state index contributed by atoms with van der Waals surface area (Å²) in [5.74, 6) is 1.54. The zero-order valence-corrected chi connectivity index (χ0v) is 10.5. The standard InChI is InChI=1S/C14H13FN2O2/c1-3-7-19-8-6-14(18)17(2)13-5-4-12(15)9-11(13)10-16/h1,4-5,9H,6-8H2,2H3. The number of anilines is 1. The highest BCUT2D eigenvalue weighted by Crippen LogP contribution is 2.20. The molecule has 0 saturated carbocycles. The van der Waals surface area contributed by atoms with Gasteiger partial charge in [0, 0.05) is 7.05 Å². The number of terminal acetylenes is 1. The number of hydrogen-bond donors (Lipinski definition) is 0. The fraction of sp³-hybridized carbons (Fsp3) is 0.286. The minimum absolute atomic E-state index is 0.111. The van der Waals surface area contributed by atoms with Gasteiger partial charge in [-0.15, -0.1) is 6.42 Å². The number of nitrogens with zero attached hydrogens (tertiary/aromatic N) is 2. The first-order valence-corrected chi connectivity index (χ1v) is 5.57. The van der Waals surface area contributed by atoms with Crippen molar-refractivity contribution in [1.82, 2.24) is 0 Å². The van der Waals surface area contributed by atoms with Crippen molar-refractivity contribution in [2.75, 3.05) is 25.2 Å². The summed E-state index contributed by atoms with van der Waals surface area (Å²) in [5, 5.41) is 8.92. The summed E-state index contributed by atoms with van der Waals surface area (Å²) in [6.45, 7) is 0.355. The van der Waals surface area contributed by atoms with E-state index in [9.17, 15) is 9.18 Å². The highest BCUT2D eigenvalue weighted by atomic mass is 19.1. The number of ether oxygens (including phenoxy) is 1. The molecule has 0 fully saturated rings. The topological polar surface area (TPSA) is 53.3 Å². The number of halogens is 1. The molecule has 0 spiro atoms. The van der Waals surface area contributed by atoms with Crippen LogP contribution in [0.1, 0.15) is 12.0 Å². The monoisotopic (exact) mass is 260 g/mol. The number of hydrogen-bond acceptors (Lipinski definition) is 3. The van der Waals surface area contributed by atoms with Gasteiger partial charge in [-0.3, -0.25) is 4.79 Å². The van der Waals surface area contributed by atoms with Crippen molar-refractivity contribution in [3.8, 4) is 18.4 Å². The molecule has 0 bridgehead atoms. The first kappa shape index (κ1) is 14.7. The zero-order valence-electron chi connectivity index (χ0n) is 10.5. The van der Waals surface area contributed by atoms with Gasteiger partial charge in [0.1, 0.15) is 18.5 Å². The number of rotatable bonds is 5. The van der Waals surface area contributed by atoms with Crippen LogP contribution in [-0.4, -0.2) is 26.2 Å². The Morgan fingerprint density at radius 1 is 1.58 bits per heavy atom. The molecule has 19 heavy (non-hydrogen) atoms. The summed E-state index contributed by atoms with van der Waals surface area (Å²) < 4.78 is 18.0. The molecule has 0 unspecified atom stereocenters. The van der Waals surface area contributed by atoms with Crippen molar-refractivity contribution in [2.45, 2.75) is 6.42 Å². The van der Waals surface area contributed by atoms with E-state index in [1.807, 2.05) is 6.07 Å². The molecule has 1 amide bonds. The van der Waals surface area contributed by atoms with Gasteiger partial charge in [-0.25, -0.2) is 4.39 Å². The van der Waals surface area contributed by atoms with Crippen LogP contribution in [-0.2, 0) is 9.53 Å². The van der Waals surface area contributed by atoms with E-state index in [1.54, 1.807) is 0 Å². The third kappa shape index (κ3) is 4.09. The van der Waals surface area contributed by atoms with Gasteiger partial charge in [-0.2, -0.15) is 5.26 Å². The Kier molecular flexibility index (Phi) is 5.53. The molecule has 4 nitrogen and oxygen atoms in total. The fourth-order valence-corrected chi connectivity index (χ4v) is 1.48. The van der Waals surface area contributed by atoms with Gasteiger partial charge in [0.05, 0.1) is 24.3 Å². The predicted octanol–water partition coefficient (Wildman–Crippen LogP) is 1.70. The lowest BCUT2D eigenvalue weighted by atomic mass is 10.1. The van der Waals surface area contributed by atoms with E-state index in [2.05, 4.69) is 5.92 Å². The van der Waals surface area contributed by atoms with Crippen LogP contribution in [0.25, 0.3) is 0 Å².